The minimum Gasteiger partial charge on any atom is -0.490 e. The average Bonchev–Trinajstić information content (AvgIpc) is 3.07. The Labute approximate surface area is 186 Å². The average molecular weight is 432 g/mol. The van der Waals surface area contributed by atoms with E-state index in [1.807, 2.05) is 30.3 Å². The Morgan fingerprint density at radius 1 is 0.875 bits per heavy atom. The first-order valence-electron chi connectivity index (χ1n) is 10.4. The van der Waals surface area contributed by atoms with Crippen molar-refractivity contribution in [1.29, 1.82) is 0 Å². The van der Waals surface area contributed by atoms with Gasteiger partial charge in [0.2, 0.25) is 0 Å². The molecule has 0 aliphatic carbocycles. The lowest BCUT2D eigenvalue weighted by atomic mass is 10.1. The summed E-state index contributed by atoms with van der Waals surface area (Å²) < 4.78 is 16.9. The molecule has 0 radical (unpaired) electrons. The van der Waals surface area contributed by atoms with E-state index in [2.05, 4.69) is 10.6 Å². The third-order valence-electron chi connectivity index (χ3n) is 4.82. The molecule has 0 fully saturated rings. The van der Waals surface area contributed by atoms with Gasteiger partial charge in [0.25, 0.3) is 11.8 Å². The van der Waals surface area contributed by atoms with E-state index in [9.17, 15) is 9.59 Å². The molecule has 1 heterocycles. The molecule has 2 N–H and O–H groups in total. The number of hydrogen-bond donors (Lipinski definition) is 2. The van der Waals surface area contributed by atoms with Crippen molar-refractivity contribution < 1.29 is 23.8 Å². The standard InChI is InChI=1S/C25H24N2O5/c28-24(27-19-11-12-22-23(15-19)31-14-6-13-30-22)17-32-21-10-5-4-9-20(21)25(29)26-16-18-7-2-1-3-8-18/h1-5,7-12,15H,6,13-14,16-17H2,(H,26,29)(H,27,28). The highest BCUT2D eigenvalue weighted by Gasteiger charge is 2.15. The third-order valence-corrected chi connectivity index (χ3v) is 4.82. The van der Waals surface area contributed by atoms with Crippen molar-refractivity contribution in [1.82, 2.24) is 5.32 Å². The summed E-state index contributed by atoms with van der Waals surface area (Å²) in [6.07, 6.45) is 0.808. The van der Waals surface area contributed by atoms with Crippen LogP contribution in [0.1, 0.15) is 22.3 Å². The maximum absolute atomic E-state index is 12.6. The number of fused-ring (bicyclic) bond motifs is 1. The molecular formula is C25H24N2O5. The normalized spacial score (nSPS) is 12.4. The number of hydrogen-bond acceptors (Lipinski definition) is 5. The molecule has 0 saturated carbocycles. The van der Waals surface area contributed by atoms with Crippen molar-refractivity contribution in [3.05, 3.63) is 83.9 Å². The van der Waals surface area contributed by atoms with Gasteiger partial charge in [-0.1, -0.05) is 42.5 Å². The summed E-state index contributed by atoms with van der Waals surface area (Å²) in [6.45, 7) is 1.33. The lowest BCUT2D eigenvalue weighted by Gasteiger charge is -2.13. The van der Waals surface area contributed by atoms with Crippen LogP contribution >= 0.6 is 0 Å². The fourth-order valence-electron chi connectivity index (χ4n) is 3.23. The molecule has 7 heteroatoms. The highest BCUT2D eigenvalue weighted by Crippen LogP contribution is 2.32. The number of carbonyl (C=O) groups is 2. The minimum absolute atomic E-state index is 0.239. The largest absolute Gasteiger partial charge is 0.490 e. The fourth-order valence-corrected chi connectivity index (χ4v) is 3.23. The van der Waals surface area contributed by atoms with Gasteiger partial charge in [0, 0.05) is 24.7 Å². The van der Waals surface area contributed by atoms with Crippen LogP contribution in [0, 0.1) is 0 Å². The predicted octanol–water partition coefficient (Wildman–Crippen LogP) is 3.80. The number of para-hydroxylation sites is 1. The van der Waals surface area contributed by atoms with Crippen molar-refractivity contribution >= 4 is 17.5 Å². The fraction of sp³-hybridized carbons (Fsp3) is 0.200. The first-order chi connectivity index (χ1) is 15.7. The Hall–Kier alpha value is -4.00. The summed E-state index contributed by atoms with van der Waals surface area (Å²) in [6, 6.07) is 21.7. The van der Waals surface area contributed by atoms with Crippen LogP contribution in [0.5, 0.6) is 17.2 Å². The molecule has 3 aromatic rings. The van der Waals surface area contributed by atoms with Crippen molar-refractivity contribution in [3.8, 4) is 17.2 Å². The summed E-state index contributed by atoms with van der Waals surface area (Å²) in [5.41, 5.74) is 1.94. The highest BCUT2D eigenvalue weighted by molar-refractivity contribution is 5.97. The van der Waals surface area contributed by atoms with Crippen LogP contribution in [-0.2, 0) is 11.3 Å². The summed E-state index contributed by atoms with van der Waals surface area (Å²) in [5, 5.41) is 5.65. The molecule has 0 saturated heterocycles. The van der Waals surface area contributed by atoms with Crippen molar-refractivity contribution in [2.45, 2.75) is 13.0 Å². The van der Waals surface area contributed by atoms with Gasteiger partial charge in [-0.3, -0.25) is 9.59 Å². The number of benzene rings is 3. The van der Waals surface area contributed by atoms with Gasteiger partial charge in [-0.05, 0) is 29.8 Å². The maximum atomic E-state index is 12.6. The number of nitrogens with one attached hydrogen (secondary N) is 2. The lowest BCUT2D eigenvalue weighted by molar-refractivity contribution is -0.118. The Kier molecular flexibility index (Phi) is 6.87. The van der Waals surface area contributed by atoms with Crippen LogP contribution in [-0.4, -0.2) is 31.6 Å². The van der Waals surface area contributed by atoms with E-state index < -0.39 is 0 Å². The van der Waals surface area contributed by atoms with Gasteiger partial charge >= 0.3 is 0 Å². The second kappa shape index (κ2) is 10.3. The molecule has 4 rings (SSSR count). The van der Waals surface area contributed by atoms with Crippen LogP contribution in [0.3, 0.4) is 0 Å². The molecule has 1 aliphatic heterocycles. The number of ether oxygens (including phenoxy) is 3. The number of carbonyl (C=O) groups excluding carboxylic acids is 2. The summed E-state index contributed by atoms with van der Waals surface area (Å²) >= 11 is 0. The molecule has 164 valence electrons. The minimum atomic E-state index is -0.348. The van der Waals surface area contributed by atoms with E-state index in [-0.39, 0.29) is 18.4 Å². The van der Waals surface area contributed by atoms with Crippen LogP contribution in [0.15, 0.2) is 72.8 Å². The van der Waals surface area contributed by atoms with Gasteiger partial charge in [0.05, 0.1) is 18.8 Å². The van der Waals surface area contributed by atoms with E-state index in [0.717, 1.165) is 12.0 Å². The topological polar surface area (TPSA) is 85.9 Å². The molecular weight excluding hydrogens is 408 g/mol. The first kappa shape index (κ1) is 21.2. The molecule has 0 aromatic heterocycles. The summed E-state index contributed by atoms with van der Waals surface area (Å²) in [7, 11) is 0. The van der Waals surface area contributed by atoms with Gasteiger partial charge < -0.3 is 24.8 Å². The summed E-state index contributed by atoms with van der Waals surface area (Å²) in [5.74, 6) is 0.979. The third kappa shape index (κ3) is 5.57. The van der Waals surface area contributed by atoms with E-state index >= 15 is 0 Å². The molecule has 7 nitrogen and oxygen atoms in total. The lowest BCUT2D eigenvalue weighted by Crippen LogP contribution is -2.25. The van der Waals surface area contributed by atoms with Gasteiger partial charge in [-0.15, -0.1) is 0 Å². The Morgan fingerprint density at radius 3 is 2.47 bits per heavy atom. The molecule has 0 atom stereocenters. The van der Waals surface area contributed by atoms with Crippen LogP contribution in [0.25, 0.3) is 0 Å². The molecule has 32 heavy (non-hydrogen) atoms. The van der Waals surface area contributed by atoms with Gasteiger partial charge in [0.15, 0.2) is 18.1 Å². The van der Waals surface area contributed by atoms with Crippen molar-refractivity contribution in [2.24, 2.45) is 0 Å². The van der Waals surface area contributed by atoms with Gasteiger partial charge in [0.1, 0.15) is 5.75 Å². The monoisotopic (exact) mass is 432 g/mol. The Balaban J connectivity index is 1.34. The van der Waals surface area contributed by atoms with E-state index in [1.165, 1.54) is 0 Å². The van der Waals surface area contributed by atoms with Gasteiger partial charge in [-0.2, -0.15) is 0 Å². The molecule has 1 aliphatic rings. The highest BCUT2D eigenvalue weighted by atomic mass is 16.5. The van der Waals surface area contributed by atoms with E-state index in [0.29, 0.717) is 48.3 Å². The van der Waals surface area contributed by atoms with Crippen molar-refractivity contribution in [3.63, 3.8) is 0 Å². The maximum Gasteiger partial charge on any atom is 0.262 e. The molecule has 0 spiro atoms. The van der Waals surface area contributed by atoms with E-state index in [1.54, 1.807) is 42.5 Å². The second-order valence-corrected chi connectivity index (χ2v) is 7.21. The Bertz CT molecular complexity index is 1080. The zero-order chi connectivity index (χ0) is 22.2. The van der Waals surface area contributed by atoms with E-state index in [4.69, 9.17) is 14.2 Å². The quantitative estimate of drug-likeness (QED) is 0.593. The Morgan fingerprint density at radius 2 is 1.62 bits per heavy atom. The molecule has 0 unspecified atom stereocenters. The van der Waals surface area contributed by atoms with Crippen LogP contribution in [0.2, 0.25) is 0 Å². The number of rotatable bonds is 7. The SMILES string of the molecule is O=C(COc1ccccc1C(=O)NCc1ccccc1)Nc1ccc2c(c1)OCCCO2. The molecule has 2 amide bonds. The van der Waals surface area contributed by atoms with Crippen molar-refractivity contribution in [2.75, 3.05) is 25.1 Å². The zero-order valence-corrected chi connectivity index (χ0v) is 17.5. The number of amides is 2. The smallest absolute Gasteiger partial charge is 0.262 e. The first-order valence-corrected chi connectivity index (χ1v) is 10.4. The van der Waals surface area contributed by atoms with Crippen LogP contribution < -0.4 is 24.8 Å². The van der Waals surface area contributed by atoms with Gasteiger partial charge in [-0.25, -0.2) is 0 Å². The zero-order valence-electron chi connectivity index (χ0n) is 17.5. The molecule has 3 aromatic carbocycles. The summed E-state index contributed by atoms with van der Waals surface area (Å²) in [4.78, 5) is 25.0. The van der Waals surface area contributed by atoms with Crippen LogP contribution in [0.4, 0.5) is 5.69 Å². The molecule has 0 bridgehead atoms. The second-order valence-electron chi connectivity index (χ2n) is 7.21. The number of anilines is 1. The predicted molar refractivity (Wildman–Crippen MR) is 120 cm³/mol.